The molecule has 0 bridgehead atoms. The summed E-state index contributed by atoms with van der Waals surface area (Å²) in [6.45, 7) is 29.3. The lowest BCUT2D eigenvalue weighted by atomic mass is 9.35. The smallest absolute Gasteiger partial charge is 0.264 e. The summed E-state index contributed by atoms with van der Waals surface area (Å²) in [4.78, 5) is 5.45. The van der Waals surface area contributed by atoms with Crippen LogP contribution in [0.15, 0.2) is 140 Å². The minimum atomic E-state index is -0.0777. The molecule has 0 radical (unpaired) electrons. The summed E-state index contributed by atoms with van der Waals surface area (Å²) in [5, 5.41) is 1.31. The number of anilines is 6. The maximum Gasteiger partial charge on any atom is 0.264 e. The third kappa shape index (κ3) is 6.78. The van der Waals surface area contributed by atoms with Gasteiger partial charge in [-0.05, 0) is 164 Å². The van der Waals surface area contributed by atoms with Crippen LogP contribution in [0.3, 0.4) is 0 Å². The highest BCUT2D eigenvalue weighted by molar-refractivity contribution is 7.33. The topological polar surface area (TPSA) is 6.48 Å². The lowest BCUT2D eigenvalue weighted by Gasteiger charge is -2.48. The minimum absolute atomic E-state index is 0.0406. The van der Waals surface area contributed by atoms with Crippen LogP contribution >= 0.6 is 11.3 Å². The van der Waals surface area contributed by atoms with Gasteiger partial charge in [0.25, 0.3) is 6.71 Å². The molecule has 0 amide bonds. The SMILES string of the molecule is Cc1cc2c3c(c1)N(c1c(-c4ccccc4)cc(C(C)(C)C)cc1-c1ccccc1)c1c(sc4ccccc14)B3c1cc3c(cc1N2c1ccc2c(c1)C(C)(C)CCC2(C)C)C(C)(C)CCC3(C)C. The lowest BCUT2D eigenvalue weighted by molar-refractivity contribution is 0.332. The van der Waals surface area contributed by atoms with E-state index in [0.29, 0.717) is 0 Å². The first-order valence-corrected chi connectivity index (χ1v) is 26.4. The molecule has 8 aromatic rings. The van der Waals surface area contributed by atoms with Crippen molar-refractivity contribution in [3.8, 4) is 22.3 Å². The maximum absolute atomic E-state index is 2.74. The summed E-state index contributed by atoms with van der Waals surface area (Å²) in [5.74, 6) is 0. The van der Waals surface area contributed by atoms with E-state index in [9.17, 15) is 0 Å². The van der Waals surface area contributed by atoms with Crippen molar-refractivity contribution in [2.45, 2.75) is 136 Å². The molecule has 12 rings (SSSR count). The first kappa shape index (κ1) is 44.4. The minimum Gasteiger partial charge on any atom is -0.311 e. The van der Waals surface area contributed by atoms with Gasteiger partial charge in [-0.2, -0.15) is 0 Å². The molecule has 0 N–H and O–H groups in total. The molecule has 0 spiro atoms. The van der Waals surface area contributed by atoms with E-state index in [4.69, 9.17) is 0 Å². The van der Waals surface area contributed by atoms with Gasteiger partial charge in [0.15, 0.2) is 0 Å². The monoisotopic (exact) mass is 919 g/mol. The molecule has 69 heavy (non-hydrogen) atoms. The van der Waals surface area contributed by atoms with Crippen molar-refractivity contribution in [1.82, 2.24) is 0 Å². The number of fused-ring (bicyclic) bond motifs is 8. The largest absolute Gasteiger partial charge is 0.311 e. The van der Waals surface area contributed by atoms with Crippen molar-refractivity contribution >= 4 is 78.0 Å². The fourth-order valence-electron chi connectivity index (χ4n) is 12.8. The quantitative estimate of drug-likeness (QED) is 0.162. The number of hydrogen-bond donors (Lipinski definition) is 0. The van der Waals surface area contributed by atoms with Crippen molar-refractivity contribution in [2.75, 3.05) is 9.80 Å². The molecule has 0 fully saturated rings. The van der Waals surface area contributed by atoms with E-state index in [0.717, 1.165) is 0 Å². The number of benzene rings is 7. The van der Waals surface area contributed by atoms with Crippen LogP contribution in [0, 0.1) is 6.92 Å². The summed E-state index contributed by atoms with van der Waals surface area (Å²) in [5.41, 5.74) is 24.3. The summed E-state index contributed by atoms with van der Waals surface area (Å²) < 4.78 is 2.75. The van der Waals surface area contributed by atoms with Crippen LogP contribution in [0.4, 0.5) is 34.1 Å². The summed E-state index contributed by atoms with van der Waals surface area (Å²) in [7, 11) is 0. The Bertz CT molecular complexity index is 3340. The fraction of sp³-hybridized carbons (Fsp3) is 0.323. The van der Waals surface area contributed by atoms with Crippen LogP contribution < -0.4 is 25.5 Å². The van der Waals surface area contributed by atoms with Crippen LogP contribution in [0.25, 0.3) is 32.3 Å². The van der Waals surface area contributed by atoms with Gasteiger partial charge < -0.3 is 9.80 Å². The molecule has 2 aliphatic carbocycles. The zero-order valence-electron chi connectivity index (χ0n) is 43.0. The highest BCUT2D eigenvalue weighted by atomic mass is 32.1. The molecule has 1 aromatic heterocycles. The predicted octanol–water partition coefficient (Wildman–Crippen LogP) is 16.6. The maximum atomic E-state index is 2.74. The van der Waals surface area contributed by atoms with Gasteiger partial charge >= 0.3 is 0 Å². The standard InChI is InChI=1S/C65H67BN2S/c1-40-33-54-57-55(34-40)68(58-46(41-21-15-13-16-22-41)35-43(61(2,3)4)36-47(58)42-23-17-14-18-24-42)59-45-25-19-20-26-56(45)69-60(59)66(57)52-38-50-51(65(11,12)32-31-64(50,9)10)39-53(52)67(54)44-27-28-48-49(37-44)63(7,8)30-29-62(48,5)6/h13-28,33-39H,29-32H2,1-12H3. The van der Waals surface area contributed by atoms with Crippen molar-refractivity contribution in [1.29, 1.82) is 0 Å². The fourth-order valence-corrected chi connectivity index (χ4v) is 14.2. The molecule has 2 aliphatic heterocycles. The van der Waals surface area contributed by atoms with E-state index < -0.39 is 0 Å². The number of hydrogen-bond acceptors (Lipinski definition) is 3. The second-order valence-corrected chi connectivity index (χ2v) is 25.8. The molecular weight excluding hydrogens is 852 g/mol. The average Bonchev–Trinajstić information content (AvgIpc) is 3.71. The van der Waals surface area contributed by atoms with Crippen molar-refractivity contribution < 1.29 is 0 Å². The number of aryl methyl sites for hydroxylation is 1. The van der Waals surface area contributed by atoms with Gasteiger partial charge in [0.2, 0.25) is 0 Å². The predicted molar refractivity (Wildman–Crippen MR) is 301 cm³/mol. The summed E-state index contributed by atoms with van der Waals surface area (Å²) in [6.07, 6.45) is 4.72. The third-order valence-corrected chi connectivity index (χ3v) is 18.4. The van der Waals surface area contributed by atoms with Gasteiger partial charge in [0.05, 0.1) is 11.4 Å². The number of thiophene rings is 1. The molecule has 0 atom stereocenters. The van der Waals surface area contributed by atoms with Crippen LogP contribution in [-0.2, 0) is 27.1 Å². The van der Waals surface area contributed by atoms with Gasteiger partial charge in [-0.3, -0.25) is 0 Å². The van der Waals surface area contributed by atoms with Gasteiger partial charge in [-0.15, -0.1) is 11.3 Å². The number of rotatable bonds is 4. The average molecular weight is 919 g/mol. The van der Waals surface area contributed by atoms with Gasteiger partial charge in [-0.1, -0.05) is 167 Å². The Labute approximate surface area is 416 Å². The Morgan fingerprint density at radius 2 is 1.00 bits per heavy atom. The Balaban J connectivity index is 1.24. The van der Waals surface area contributed by atoms with Crippen LogP contribution in [-0.4, -0.2) is 6.71 Å². The first-order chi connectivity index (χ1) is 32.7. The number of nitrogens with zero attached hydrogens (tertiary/aromatic N) is 2. The van der Waals surface area contributed by atoms with Crippen LogP contribution in [0.5, 0.6) is 0 Å². The van der Waals surface area contributed by atoms with Gasteiger partial charge in [0.1, 0.15) is 0 Å². The van der Waals surface area contributed by atoms with Crippen LogP contribution in [0.1, 0.15) is 135 Å². The summed E-state index contributed by atoms with van der Waals surface area (Å²) in [6, 6.07) is 54.6. The Hall–Kier alpha value is -5.84. The molecule has 4 aliphatic rings. The third-order valence-electron chi connectivity index (χ3n) is 17.1. The zero-order chi connectivity index (χ0) is 48.2. The second-order valence-electron chi connectivity index (χ2n) is 24.8. The molecule has 7 aromatic carbocycles. The van der Waals surface area contributed by atoms with E-state index >= 15 is 0 Å². The first-order valence-electron chi connectivity index (χ1n) is 25.6. The van der Waals surface area contributed by atoms with Crippen molar-refractivity contribution in [2.24, 2.45) is 0 Å². The van der Waals surface area contributed by atoms with E-state index in [2.05, 4.69) is 232 Å². The molecule has 0 saturated carbocycles. The lowest BCUT2D eigenvalue weighted by Crippen LogP contribution is -2.61. The highest BCUT2D eigenvalue weighted by Crippen LogP contribution is 2.56. The summed E-state index contributed by atoms with van der Waals surface area (Å²) >= 11 is 2.01. The molecule has 0 unspecified atom stereocenters. The molecule has 346 valence electrons. The van der Waals surface area contributed by atoms with Crippen molar-refractivity contribution in [3.63, 3.8) is 0 Å². The van der Waals surface area contributed by atoms with Crippen LogP contribution in [0.2, 0.25) is 0 Å². The zero-order valence-corrected chi connectivity index (χ0v) is 43.8. The molecule has 4 heteroatoms. The molecular formula is C65H67BN2S. The van der Waals surface area contributed by atoms with Gasteiger partial charge in [0, 0.05) is 48.7 Å². The molecule has 3 heterocycles. The van der Waals surface area contributed by atoms with Crippen molar-refractivity contribution in [3.05, 3.63) is 173 Å². The van der Waals surface area contributed by atoms with E-state index in [1.54, 1.807) is 0 Å². The molecule has 2 nitrogen and oxygen atoms in total. The second kappa shape index (κ2) is 15.1. The highest BCUT2D eigenvalue weighted by Gasteiger charge is 2.49. The Morgan fingerprint density at radius 1 is 0.493 bits per heavy atom. The Kier molecular flexibility index (Phi) is 9.70. The van der Waals surface area contributed by atoms with E-state index in [1.807, 2.05) is 11.3 Å². The normalized spacial score (nSPS) is 18.0. The molecule has 0 saturated heterocycles. The van der Waals surface area contributed by atoms with E-state index in [-0.39, 0.29) is 33.8 Å². The Morgan fingerprint density at radius 3 is 1.58 bits per heavy atom. The van der Waals surface area contributed by atoms with E-state index in [1.165, 1.54) is 141 Å². The van der Waals surface area contributed by atoms with Gasteiger partial charge in [-0.25, -0.2) is 0 Å².